The standard InChI is InChI=1S/C17H20N2O/c1-16(2)12-9-10-17(16,3)14-13(12)15(20)19(18-14)11-7-5-4-6-8-11/h4-8,12,18H,9-10H2,1-3H3/t12-,17+/m0/s1. The first-order valence-corrected chi connectivity index (χ1v) is 7.37. The van der Waals surface area contributed by atoms with E-state index in [1.54, 1.807) is 4.68 Å². The number of rotatable bonds is 1. The molecule has 2 aliphatic carbocycles. The van der Waals surface area contributed by atoms with Gasteiger partial charge in [0.1, 0.15) is 0 Å². The number of hydrogen-bond acceptors (Lipinski definition) is 1. The third-order valence-corrected chi connectivity index (χ3v) is 6.07. The second-order valence-electron chi connectivity index (χ2n) is 7.02. The number of aromatic nitrogens is 2. The van der Waals surface area contributed by atoms with Crippen molar-refractivity contribution in [3.63, 3.8) is 0 Å². The average Bonchev–Trinajstić information content (AvgIpc) is 2.95. The Labute approximate surface area is 118 Å². The van der Waals surface area contributed by atoms with Crippen LogP contribution in [0.4, 0.5) is 0 Å². The number of para-hydroxylation sites is 1. The zero-order valence-corrected chi connectivity index (χ0v) is 12.2. The van der Waals surface area contributed by atoms with Gasteiger partial charge in [-0.25, -0.2) is 4.68 Å². The SMILES string of the molecule is CC1(C)[C@H]2CC[C@]1(C)c1[nH]n(-c3ccccc3)c(=O)c12. The van der Waals surface area contributed by atoms with Gasteiger partial charge in [-0.15, -0.1) is 0 Å². The maximum absolute atomic E-state index is 12.8. The number of nitrogens with one attached hydrogen (secondary N) is 1. The summed E-state index contributed by atoms with van der Waals surface area (Å²) in [4.78, 5) is 12.8. The van der Waals surface area contributed by atoms with Crippen molar-refractivity contribution >= 4 is 0 Å². The molecule has 1 saturated carbocycles. The Kier molecular flexibility index (Phi) is 2.08. The molecule has 0 radical (unpaired) electrons. The molecule has 0 spiro atoms. The van der Waals surface area contributed by atoms with Gasteiger partial charge in [-0.2, -0.15) is 0 Å². The zero-order valence-electron chi connectivity index (χ0n) is 12.2. The minimum atomic E-state index is 0.103. The Morgan fingerprint density at radius 1 is 1.20 bits per heavy atom. The molecule has 1 fully saturated rings. The lowest BCUT2D eigenvalue weighted by Crippen LogP contribution is -2.33. The largest absolute Gasteiger partial charge is 0.294 e. The molecule has 104 valence electrons. The van der Waals surface area contributed by atoms with Gasteiger partial charge < -0.3 is 0 Å². The van der Waals surface area contributed by atoms with Crippen LogP contribution in [0, 0.1) is 5.41 Å². The molecule has 2 aromatic rings. The number of aromatic amines is 1. The fourth-order valence-corrected chi connectivity index (χ4v) is 4.41. The molecule has 20 heavy (non-hydrogen) atoms. The van der Waals surface area contributed by atoms with E-state index in [9.17, 15) is 4.79 Å². The van der Waals surface area contributed by atoms with Gasteiger partial charge in [0.15, 0.2) is 0 Å². The van der Waals surface area contributed by atoms with Gasteiger partial charge in [0.25, 0.3) is 5.56 Å². The second-order valence-corrected chi connectivity index (χ2v) is 7.02. The average molecular weight is 268 g/mol. The highest BCUT2D eigenvalue weighted by Gasteiger charge is 2.61. The fourth-order valence-electron chi connectivity index (χ4n) is 4.41. The minimum absolute atomic E-state index is 0.103. The van der Waals surface area contributed by atoms with Crippen LogP contribution in [-0.2, 0) is 5.41 Å². The summed E-state index contributed by atoms with van der Waals surface area (Å²) in [6.07, 6.45) is 2.31. The van der Waals surface area contributed by atoms with Crippen molar-refractivity contribution in [3.05, 3.63) is 51.9 Å². The molecule has 0 amide bonds. The topological polar surface area (TPSA) is 37.8 Å². The van der Waals surface area contributed by atoms with Gasteiger partial charge >= 0.3 is 0 Å². The highest BCUT2D eigenvalue weighted by Crippen LogP contribution is 2.66. The lowest BCUT2D eigenvalue weighted by Gasteiger charge is -2.34. The van der Waals surface area contributed by atoms with Crippen molar-refractivity contribution in [3.8, 4) is 5.69 Å². The summed E-state index contributed by atoms with van der Waals surface area (Å²) in [5, 5.41) is 3.41. The van der Waals surface area contributed by atoms with Crippen LogP contribution in [0.5, 0.6) is 0 Å². The van der Waals surface area contributed by atoms with Crippen LogP contribution in [-0.4, -0.2) is 9.78 Å². The molecular weight excluding hydrogens is 248 g/mol. The lowest BCUT2D eigenvalue weighted by atomic mass is 9.70. The highest BCUT2D eigenvalue weighted by atomic mass is 16.1. The van der Waals surface area contributed by atoms with E-state index in [-0.39, 0.29) is 16.4 Å². The fraction of sp³-hybridized carbons (Fsp3) is 0.471. The Hall–Kier alpha value is -1.77. The maximum Gasteiger partial charge on any atom is 0.274 e. The molecule has 1 aromatic carbocycles. The number of nitrogens with zero attached hydrogens (tertiary/aromatic N) is 1. The Morgan fingerprint density at radius 2 is 1.90 bits per heavy atom. The molecule has 2 aliphatic rings. The predicted octanol–water partition coefficient (Wildman–Crippen LogP) is 3.34. The van der Waals surface area contributed by atoms with E-state index in [4.69, 9.17) is 0 Å². The van der Waals surface area contributed by atoms with Crippen LogP contribution in [0.2, 0.25) is 0 Å². The third kappa shape index (κ3) is 1.15. The van der Waals surface area contributed by atoms with Crippen molar-refractivity contribution in [2.24, 2.45) is 5.41 Å². The van der Waals surface area contributed by atoms with Gasteiger partial charge in [0, 0.05) is 16.7 Å². The summed E-state index contributed by atoms with van der Waals surface area (Å²) in [6.45, 7) is 6.93. The van der Waals surface area contributed by atoms with Crippen LogP contribution in [0.3, 0.4) is 0 Å². The maximum atomic E-state index is 12.8. The molecule has 3 nitrogen and oxygen atoms in total. The second kappa shape index (κ2) is 3.46. The van der Waals surface area contributed by atoms with Gasteiger partial charge in [-0.3, -0.25) is 9.89 Å². The van der Waals surface area contributed by atoms with Crippen molar-refractivity contribution in [1.29, 1.82) is 0 Å². The van der Waals surface area contributed by atoms with Crippen LogP contribution in [0.25, 0.3) is 5.69 Å². The van der Waals surface area contributed by atoms with E-state index in [1.165, 1.54) is 12.1 Å². The van der Waals surface area contributed by atoms with Crippen LogP contribution in [0.1, 0.15) is 50.8 Å². The van der Waals surface area contributed by atoms with Crippen LogP contribution < -0.4 is 5.56 Å². The number of fused-ring (bicyclic) bond motifs is 5. The van der Waals surface area contributed by atoms with Crippen LogP contribution in [0.15, 0.2) is 35.1 Å². The molecule has 1 aromatic heterocycles. The molecule has 0 aliphatic heterocycles. The Morgan fingerprint density at radius 3 is 2.55 bits per heavy atom. The first-order chi connectivity index (χ1) is 9.47. The summed E-state index contributed by atoms with van der Waals surface area (Å²) in [7, 11) is 0. The smallest absolute Gasteiger partial charge is 0.274 e. The van der Waals surface area contributed by atoms with E-state index in [1.807, 2.05) is 30.3 Å². The van der Waals surface area contributed by atoms with Gasteiger partial charge in [-0.05, 0) is 36.3 Å². The lowest BCUT2D eigenvalue weighted by molar-refractivity contribution is 0.224. The predicted molar refractivity (Wildman–Crippen MR) is 79.5 cm³/mol. The van der Waals surface area contributed by atoms with Gasteiger partial charge in [0.05, 0.1) is 5.69 Å². The van der Waals surface area contributed by atoms with Crippen molar-refractivity contribution in [2.45, 2.75) is 44.9 Å². The molecule has 0 unspecified atom stereocenters. The minimum Gasteiger partial charge on any atom is -0.294 e. The molecule has 0 saturated heterocycles. The van der Waals surface area contributed by atoms with E-state index in [0.717, 1.165) is 17.7 Å². The Balaban J connectivity index is 1.97. The first kappa shape index (κ1) is 12.0. The van der Waals surface area contributed by atoms with Gasteiger partial charge in [-0.1, -0.05) is 39.0 Å². The molecule has 2 atom stereocenters. The summed E-state index contributed by atoms with van der Waals surface area (Å²) >= 11 is 0. The van der Waals surface area contributed by atoms with E-state index in [2.05, 4.69) is 25.9 Å². The number of hydrogen-bond donors (Lipinski definition) is 1. The number of benzene rings is 1. The van der Waals surface area contributed by atoms with Crippen molar-refractivity contribution in [1.82, 2.24) is 9.78 Å². The molecule has 3 heteroatoms. The molecular formula is C17H20N2O. The van der Waals surface area contributed by atoms with Gasteiger partial charge in [0.2, 0.25) is 0 Å². The van der Waals surface area contributed by atoms with E-state index >= 15 is 0 Å². The zero-order chi connectivity index (χ0) is 14.1. The molecule has 1 heterocycles. The quantitative estimate of drug-likeness (QED) is 0.846. The van der Waals surface area contributed by atoms with E-state index < -0.39 is 0 Å². The summed E-state index contributed by atoms with van der Waals surface area (Å²) in [6, 6.07) is 9.85. The first-order valence-electron chi connectivity index (χ1n) is 7.37. The summed E-state index contributed by atoms with van der Waals surface area (Å²) in [5.41, 5.74) is 3.57. The van der Waals surface area contributed by atoms with Crippen molar-refractivity contribution < 1.29 is 0 Å². The van der Waals surface area contributed by atoms with Crippen molar-refractivity contribution in [2.75, 3.05) is 0 Å². The Bertz CT molecular complexity index is 738. The van der Waals surface area contributed by atoms with E-state index in [0.29, 0.717) is 5.92 Å². The molecule has 1 N–H and O–H groups in total. The normalized spacial score (nSPS) is 29.6. The molecule has 2 bridgehead atoms. The number of H-pyrrole nitrogens is 1. The third-order valence-electron chi connectivity index (χ3n) is 6.07. The van der Waals surface area contributed by atoms with Crippen LogP contribution >= 0.6 is 0 Å². The summed E-state index contributed by atoms with van der Waals surface area (Å²) < 4.78 is 1.72. The highest BCUT2D eigenvalue weighted by molar-refractivity contribution is 5.46. The molecule has 4 rings (SSSR count). The summed E-state index contributed by atoms with van der Waals surface area (Å²) in [5.74, 6) is 0.399. The monoisotopic (exact) mass is 268 g/mol.